The van der Waals surface area contributed by atoms with Gasteiger partial charge in [-0.3, -0.25) is 4.79 Å². The fraction of sp³-hybridized carbons (Fsp3) is 0.207. The number of rotatable bonds is 9. The van der Waals surface area contributed by atoms with Gasteiger partial charge in [0.1, 0.15) is 18.4 Å². The number of halogens is 1. The van der Waals surface area contributed by atoms with E-state index in [9.17, 15) is 9.90 Å². The fourth-order valence-corrected chi connectivity index (χ4v) is 4.72. The summed E-state index contributed by atoms with van der Waals surface area (Å²) in [6.07, 6.45) is 1.11. The zero-order valence-corrected chi connectivity index (χ0v) is 23.1. The van der Waals surface area contributed by atoms with Crippen molar-refractivity contribution < 1.29 is 14.6 Å². The molecule has 1 amide bonds. The van der Waals surface area contributed by atoms with E-state index in [0.29, 0.717) is 48.2 Å². The van der Waals surface area contributed by atoms with Crippen LogP contribution in [-0.2, 0) is 17.8 Å². The second-order valence-electron chi connectivity index (χ2n) is 8.99. The molecule has 8 nitrogen and oxygen atoms in total. The van der Waals surface area contributed by atoms with E-state index >= 15 is 0 Å². The topological polar surface area (TPSA) is 101 Å². The quantitative estimate of drug-likeness (QED) is 0.219. The molecule has 0 spiro atoms. The van der Waals surface area contributed by atoms with Crippen LogP contribution in [0.4, 0.5) is 11.6 Å². The summed E-state index contributed by atoms with van der Waals surface area (Å²) >= 11 is 2.23. The lowest BCUT2D eigenvalue weighted by Gasteiger charge is -2.28. The predicted octanol–water partition coefficient (Wildman–Crippen LogP) is 5.31. The zero-order chi connectivity index (χ0) is 26.5. The van der Waals surface area contributed by atoms with Gasteiger partial charge in [0.15, 0.2) is 5.82 Å². The molecule has 4 aromatic rings. The number of fused-ring (bicyclic) bond motifs is 1. The van der Waals surface area contributed by atoms with Gasteiger partial charge in [-0.1, -0.05) is 42.5 Å². The first kappa shape index (κ1) is 25.9. The van der Waals surface area contributed by atoms with Gasteiger partial charge >= 0.3 is 0 Å². The lowest BCUT2D eigenvalue weighted by molar-refractivity contribution is -0.113. The molecule has 3 N–H and O–H groups in total. The minimum Gasteiger partial charge on any atom is -0.489 e. The van der Waals surface area contributed by atoms with E-state index in [-0.39, 0.29) is 12.5 Å². The van der Waals surface area contributed by atoms with Crippen LogP contribution in [0.3, 0.4) is 0 Å². The average molecular weight is 621 g/mol. The third kappa shape index (κ3) is 5.89. The van der Waals surface area contributed by atoms with Gasteiger partial charge in [-0.2, -0.15) is 10.1 Å². The van der Waals surface area contributed by atoms with E-state index in [4.69, 9.17) is 9.84 Å². The van der Waals surface area contributed by atoms with Crippen LogP contribution in [-0.4, -0.2) is 32.4 Å². The molecule has 194 valence electrons. The Morgan fingerprint density at radius 3 is 2.53 bits per heavy atom. The van der Waals surface area contributed by atoms with E-state index in [0.717, 1.165) is 20.4 Å². The summed E-state index contributed by atoms with van der Waals surface area (Å²) in [7, 11) is 0. The number of hydrogen-bond acceptors (Lipinski definition) is 6. The molecule has 0 aliphatic carbocycles. The molecule has 0 radical (unpaired) electrons. The Morgan fingerprint density at radius 1 is 1.08 bits per heavy atom. The molecular weight excluding hydrogens is 593 g/mol. The number of nitrogens with one attached hydrogen (secondary N) is 2. The highest BCUT2D eigenvalue weighted by atomic mass is 127. The first-order valence-corrected chi connectivity index (χ1v) is 13.5. The smallest absolute Gasteiger partial charge is 0.255 e. The maximum Gasteiger partial charge on any atom is 0.255 e. The number of aliphatic hydroxyl groups is 1. The summed E-state index contributed by atoms with van der Waals surface area (Å²) in [5.41, 5.74) is 3.94. The van der Waals surface area contributed by atoms with Gasteiger partial charge in [0.2, 0.25) is 5.95 Å². The Balaban J connectivity index is 1.45. The highest BCUT2D eigenvalue weighted by Crippen LogP contribution is 2.36. The van der Waals surface area contributed by atoms with Crippen molar-refractivity contribution >= 4 is 40.1 Å². The Labute approximate surface area is 234 Å². The number of carbonyl (C=O) groups excluding carboxylic acids is 1. The highest BCUT2D eigenvalue weighted by Gasteiger charge is 2.34. The third-order valence-electron chi connectivity index (χ3n) is 6.25. The van der Waals surface area contributed by atoms with E-state index < -0.39 is 6.04 Å². The summed E-state index contributed by atoms with van der Waals surface area (Å²) < 4.78 is 8.81. The van der Waals surface area contributed by atoms with Gasteiger partial charge in [0.25, 0.3) is 5.91 Å². The van der Waals surface area contributed by atoms with Crippen LogP contribution < -0.4 is 15.4 Å². The van der Waals surface area contributed by atoms with Crippen LogP contribution >= 0.6 is 22.6 Å². The molecule has 5 rings (SSSR count). The number of aromatic nitrogens is 3. The molecule has 1 aromatic heterocycles. The van der Waals surface area contributed by atoms with E-state index in [1.54, 1.807) is 4.68 Å². The van der Waals surface area contributed by atoms with Crippen molar-refractivity contribution in [2.24, 2.45) is 0 Å². The van der Waals surface area contributed by atoms with E-state index in [1.807, 2.05) is 85.8 Å². The third-order valence-corrected chi connectivity index (χ3v) is 6.96. The van der Waals surface area contributed by atoms with Crippen molar-refractivity contribution in [3.8, 4) is 5.75 Å². The minimum atomic E-state index is -0.492. The van der Waals surface area contributed by atoms with Gasteiger partial charge in [-0.05, 0) is 83.5 Å². The first-order chi connectivity index (χ1) is 18.5. The molecule has 0 fully saturated rings. The number of benzene rings is 3. The minimum absolute atomic E-state index is 0.0616. The summed E-state index contributed by atoms with van der Waals surface area (Å²) in [5.74, 6) is 1.69. The molecule has 1 unspecified atom stereocenters. The maximum absolute atomic E-state index is 13.6. The Kier molecular flexibility index (Phi) is 8.04. The lowest BCUT2D eigenvalue weighted by atomic mass is 9.95. The molecule has 1 aliphatic heterocycles. The molecule has 1 atom stereocenters. The first-order valence-electron chi connectivity index (χ1n) is 12.4. The van der Waals surface area contributed by atoms with Crippen molar-refractivity contribution in [3.63, 3.8) is 0 Å². The normalized spacial score (nSPS) is 14.6. The summed E-state index contributed by atoms with van der Waals surface area (Å²) in [6.45, 7) is 2.41. The van der Waals surface area contributed by atoms with Crippen LogP contribution in [0.2, 0.25) is 0 Å². The van der Waals surface area contributed by atoms with Crippen molar-refractivity contribution in [1.29, 1.82) is 0 Å². The number of hydrogen-bond donors (Lipinski definition) is 3. The molecule has 0 saturated heterocycles. The number of anilines is 2. The molecular formula is C29H28IN5O3. The second kappa shape index (κ2) is 11.8. The Morgan fingerprint density at radius 2 is 1.82 bits per heavy atom. The van der Waals surface area contributed by atoms with Crippen LogP contribution in [0.5, 0.6) is 5.75 Å². The van der Waals surface area contributed by atoms with Crippen molar-refractivity contribution in [2.45, 2.75) is 32.4 Å². The maximum atomic E-state index is 13.6. The molecule has 9 heteroatoms. The number of aryl methyl sites for hydroxylation is 1. The van der Waals surface area contributed by atoms with Gasteiger partial charge in [-0.15, -0.1) is 0 Å². The van der Waals surface area contributed by atoms with E-state index in [1.165, 1.54) is 0 Å². The second-order valence-corrected chi connectivity index (χ2v) is 10.2. The standard InChI is InChI=1S/C29H28IN5O3/c1-19-26(28(37)32-23-13-11-22(30)12-14-23)27(35-29(31-19)33-25(34-35)8-5-17-36)21-9-15-24(16-10-21)38-18-20-6-3-2-4-7-20/h2-4,6-7,9-16,27,36H,5,8,17-18H2,1H3,(H,32,37)(H,31,33,34). The molecule has 1 aliphatic rings. The molecule has 38 heavy (non-hydrogen) atoms. The van der Waals surface area contributed by atoms with Crippen LogP contribution in [0.1, 0.15) is 36.3 Å². The van der Waals surface area contributed by atoms with E-state index in [2.05, 4.69) is 38.2 Å². The van der Waals surface area contributed by atoms with Crippen LogP contribution in [0.25, 0.3) is 0 Å². The Bertz CT molecular complexity index is 1430. The lowest BCUT2D eigenvalue weighted by Crippen LogP contribution is -2.31. The van der Waals surface area contributed by atoms with Crippen molar-refractivity contribution in [1.82, 2.24) is 14.8 Å². The number of amides is 1. The highest BCUT2D eigenvalue weighted by molar-refractivity contribution is 14.1. The van der Waals surface area contributed by atoms with Gasteiger partial charge in [-0.25, -0.2) is 4.68 Å². The van der Waals surface area contributed by atoms with Crippen molar-refractivity contribution in [3.05, 3.63) is 111 Å². The molecule has 0 saturated carbocycles. The number of allylic oxidation sites excluding steroid dienone is 1. The van der Waals surface area contributed by atoms with Gasteiger partial charge in [0, 0.05) is 28.0 Å². The number of carbonyl (C=O) groups is 1. The largest absolute Gasteiger partial charge is 0.489 e. The van der Waals surface area contributed by atoms with Crippen molar-refractivity contribution in [2.75, 3.05) is 17.2 Å². The summed E-state index contributed by atoms with van der Waals surface area (Å²) in [4.78, 5) is 18.3. The molecule has 0 bridgehead atoms. The number of ether oxygens (including phenoxy) is 1. The van der Waals surface area contributed by atoms with Crippen LogP contribution in [0.15, 0.2) is 90.1 Å². The van der Waals surface area contributed by atoms with Crippen LogP contribution in [0, 0.1) is 3.57 Å². The summed E-state index contributed by atoms with van der Waals surface area (Å²) in [6, 6.07) is 24.9. The predicted molar refractivity (Wildman–Crippen MR) is 155 cm³/mol. The zero-order valence-electron chi connectivity index (χ0n) is 20.9. The summed E-state index contributed by atoms with van der Waals surface area (Å²) in [5, 5.41) is 20.3. The number of nitrogens with zero attached hydrogens (tertiary/aromatic N) is 3. The monoisotopic (exact) mass is 621 g/mol. The van der Waals surface area contributed by atoms with Gasteiger partial charge < -0.3 is 20.5 Å². The number of aliphatic hydroxyl groups excluding tert-OH is 1. The SMILES string of the molecule is CC1=C(C(=O)Nc2ccc(I)cc2)C(c2ccc(OCc3ccccc3)cc2)n2nc(CCCO)nc2N1. The average Bonchev–Trinajstić information content (AvgIpc) is 3.34. The Hall–Kier alpha value is -3.70. The molecule has 2 heterocycles. The van der Waals surface area contributed by atoms with Gasteiger partial charge in [0.05, 0.1) is 5.57 Å². The molecule has 3 aromatic carbocycles. The fourth-order valence-electron chi connectivity index (χ4n) is 4.36.